The third-order valence-electron chi connectivity index (χ3n) is 3.88. The van der Waals surface area contributed by atoms with Crippen molar-refractivity contribution in [2.45, 2.75) is 25.3 Å². The molecule has 0 spiro atoms. The van der Waals surface area contributed by atoms with Crippen LogP contribution in [-0.4, -0.2) is 20.6 Å². The molecule has 0 saturated heterocycles. The Labute approximate surface area is 117 Å². The summed E-state index contributed by atoms with van der Waals surface area (Å²) < 4.78 is 1.88. The first-order chi connectivity index (χ1) is 9.81. The topological polar surface area (TPSA) is 42.2 Å². The van der Waals surface area contributed by atoms with E-state index in [4.69, 9.17) is 0 Å². The highest BCUT2D eigenvalue weighted by Gasteiger charge is 2.38. The summed E-state index contributed by atoms with van der Waals surface area (Å²) >= 11 is 0. The Hall–Kier alpha value is -2.36. The molecule has 2 unspecified atom stereocenters. The zero-order chi connectivity index (χ0) is 13.5. The van der Waals surface area contributed by atoms with Crippen molar-refractivity contribution in [2.24, 2.45) is 0 Å². The maximum Gasteiger partial charge on any atom is 0.243 e. The van der Waals surface area contributed by atoms with Gasteiger partial charge in [0.05, 0.1) is 0 Å². The van der Waals surface area contributed by atoms with E-state index in [0.29, 0.717) is 12.0 Å². The van der Waals surface area contributed by atoms with Crippen molar-refractivity contribution >= 4 is 11.6 Å². The normalized spacial score (nSPS) is 21.1. The highest BCUT2D eigenvalue weighted by atomic mass is 15.4. The number of fused-ring (bicyclic) bond motifs is 1. The number of anilines is 1. The lowest BCUT2D eigenvalue weighted by Crippen LogP contribution is -2.05. The summed E-state index contributed by atoms with van der Waals surface area (Å²) in [7, 11) is 0. The molecule has 2 heterocycles. The van der Waals surface area contributed by atoms with E-state index >= 15 is 0 Å². The molecule has 1 N–H and O–H groups in total. The molecular weight excluding hydrogens is 248 g/mol. The van der Waals surface area contributed by atoms with Crippen LogP contribution >= 0.6 is 0 Å². The maximum absolute atomic E-state index is 4.52. The third-order valence-corrected chi connectivity index (χ3v) is 3.88. The summed E-state index contributed by atoms with van der Waals surface area (Å²) in [6.45, 7) is 2.04. The summed E-state index contributed by atoms with van der Waals surface area (Å²) in [6, 6.07) is 17.1. The predicted octanol–water partition coefficient (Wildman–Crippen LogP) is 3.01. The molecule has 1 aliphatic carbocycles. The zero-order valence-electron chi connectivity index (χ0n) is 11.3. The number of nitrogens with zero attached hydrogens (tertiary/aromatic N) is 3. The Balaban J connectivity index is 1.54. The fourth-order valence-electron chi connectivity index (χ4n) is 2.69. The van der Waals surface area contributed by atoms with E-state index in [9.17, 15) is 0 Å². The summed E-state index contributed by atoms with van der Waals surface area (Å²) in [4.78, 5) is 4.52. The molecule has 20 heavy (non-hydrogen) atoms. The van der Waals surface area contributed by atoms with Crippen molar-refractivity contribution in [3.8, 4) is 0 Å². The Bertz CT molecular complexity index is 748. The van der Waals surface area contributed by atoms with E-state index in [1.54, 1.807) is 0 Å². The van der Waals surface area contributed by atoms with Gasteiger partial charge in [-0.25, -0.2) is 4.52 Å². The lowest BCUT2D eigenvalue weighted by Gasteiger charge is -2.01. The molecule has 1 aromatic carbocycles. The molecular formula is C16H16N4. The van der Waals surface area contributed by atoms with Crippen molar-refractivity contribution in [1.82, 2.24) is 14.6 Å². The molecule has 3 aromatic rings. The standard InChI is InChI=1S/C16H16N4/c1-11-6-5-9-15-18-16(19-20(11)15)17-14-10-13(14)12-7-3-2-4-8-12/h2-9,13-14H,10H2,1H3,(H,17,19). The van der Waals surface area contributed by atoms with Gasteiger partial charge in [0.2, 0.25) is 5.95 Å². The van der Waals surface area contributed by atoms with Crippen LogP contribution < -0.4 is 5.32 Å². The van der Waals surface area contributed by atoms with Gasteiger partial charge >= 0.3 is 0 Å². The van der Waals surface area contributed by atoms with Crippen molar-refractivity contribution < 1.29 is 0 Å². The molecule has 2 aromatic heterocycles. The first kappa shape index (κ1) is 11.5. The van der Waals surface area contributed by atoms with Crippen LogP contribution in [0.15, 0.2) is 48.5 Å². The minimum Gasteiger partial charge on any atom is -0.350 e. The zero-order valence-corrected chi connectivity index (χ0v) is 11.3. The molecule has 2 atom stereocenters. The van der Waals surface area contributed by atoms with Crippen LogP contribution in [-0.2, 0) is 0 Å². The SMILES string of the molecule is Cc1cccc2nc(NC3CC3c3ccccc3)nn12. The molecule has 1 aliphatic rings. The van der Waals surface area contributed by atoms with Crippen molar-refractivity contribution in [2.75, 3.05) is 5.32 Å². The Morgan fingerprint density at radius 1 is 1.10 bits per heavy atom. The van der Waals surface area contributed by atoms with E-state index in [-0.39, 0.29) is 0 Å². The van der Waals surface area contributed by atoms with Gasteiger partial charge in [-0.3, -0.25) is 0 Å². The fraction of sp³-hybridized carbons (Fsp3) is 0.250. The van der Waals surface area contributed by atoms with Gasteiger partial charge in [-0.1, -0.05) is 36.4 Å². The molecule has 0 aliphatic heterocycles. The van der Waals surface area contributed by atoms with E-state index in [1.165, 1.54) is 5.56 Å². The van der Waals surface area contributed by atoms with Gasteiger partial charge in [-0.05, 0) is 31.0 Å². The maximum atomic E-state index is 4.52. The van der Waals surface area contributed by atoms with Crippen LogP contribution in [0.4, 0.5) is 5.95 Å². The first-order valence-corrected chi connectivity index (χ1v) is 6.95. The van der Waals surface area contributed by atoms with Gasteiger partial charge in [0.25, 0.3) is 0 Å². The van der Waals surface area contributed by atoms with Gasteiger partial charge in [-0.15, -0.1) is 5.10 Å². The van der Waals surface area contributed by atoms with Crippen LogP contribution in [0.3, 0.4) is 0 Å². The first-order valence-electron chi connectivity index (χ1n) is 6.95. The lowest BCUT2D eigenvalue weighted by molar-refractivity contribution is 0.905. The van der Waals surface area contributed by atoms with Crippen LogP contribution in [0.25, 0.3) is 5.65 Å². The Morgan fingerprint density at radius 3 is 2.75 bits per heavy atom. The highest BCUT2D eigenvalue weighted by Crippen LogP contribution is 2.42. The van der Waals surface area contributed by atoms with Gasteiger partial charge in [-0.2, -0.15) is 4.98 Å². The summed E-state index contributed by atoms with van der Waals surface area (Å²) in [5.74, 6) is 1.31. The van der Waals surface area contributed by atoms with E-state index in [2.05, 4.69) is 45.7 Å². The molecule has 0 amide bonds. The van der Waals surface area contributed by atoms with Crippen LogP contribution in [0.5, 0.6) is 0 Å². The third kappa shape index (κ3) is 1.93. The molecule has 4 nitrogen and oxygen atoms in total. The molecule has 0 radical (unpaired) electrons. The highest BCUT2D eigenvalue weighted by molar-refractivity contribution is 5.46. The van der Waals surface area contributed by atoms with Crippen molar-refractivity contribution in [3.05, 3.63) is 59.8 Å². The summed E-state index contributed by atoms with van der Waals surface area (Å²) in [5.41, 5.74) is 3.38. The number of benzene rings is 1. The monoisotopic (exact) mass is 264 g/mol. The van der Waals surface area contributed by atoms with Crippen LogP contribution in [0, 0.1) is 6.92 Å². The second kappa shape index (κ2) is 4.34. The van der Waals surface area contributed by atoms with Gasteiger partial charge < -0.3 is 5.32 Å². The largest absolute Gasteiger partial charge is 0.350 e. The average molecular weight is 264 g/mol. The molecule has 0 bridgehead atoms. The van der Waals surface area contributed by atoms with Gasteiger partial charge in [0.1, 0.15) is 0 Å². The molecule has 1 saturated carbocycles. The minimum atomic E-state index is 0.454. The van der Waals surface area contributed by atoms with Crippen molar-refractivity contribution in [3.63, 3.8) is 0 Å². The molecule has 4 rings (SSSR count). The summed E-state index contributed by atoms with van der Waals surface area (Å²) in [6.07, 6.45) is 1.15. The number of aromatic nitrogens is 3. The minimum absolute atomic E-state index is 0.454. The quantitative estimate of drug-likeness (QED) is 0.790. The van der Waals surface area contributed by atoms with E-state index < -0.39 is 0 Å². The smallest absolute Gasteiger partial charge is 0.243 e. The predicted molar refractivity (Wildman–Crippen MR) is 78.9 cm³/mol. The molecule has 100 valence electrons. The second-order valence-corrected chi connectivity index (χ2v) is 5.38. The summed E-state index contributed by atoms with van der Waals surface area (Å²) in [5, 5.41) is 7.95. The van der Waals surface area contributed by atoms with Gasteiger partial charge in [0, 0.05) is 17.7 Å². The second-order valence-electron chi connectivity index (χ2n) is 5.38. The lowest BCUT2D eigenvalue weighted by atomic mass is 10.1. The Kier molecular flexibility index (Phi) is 2.49. The number of nitrogens with one attached hydrogen (secondary N) is 1. The van der Waals surface area contributed by atoms with Gasteiger partial charge in [0.15, 0.2) is 5.65 Å². The molecule has 4 heteroatoms. The van der Waals surface area contributed by atoms with Crippen LogP contribution in [0.1, 0.15) is 23.6 Å². The van der Waals surface area contributed by atoms with E-state index in [1.807, 2.05) is 29.6 Å². The average Bonchev–Trinajstić information content (AvgIpc) is 3.10. The fourth-order valence-corrected chi connectivity index (χ4v) is 2.69. The number of hydrogen-bond acceptors (Lipinski definition) is 3. The number of hydrogen-bond donors (Lipinski definition) is 1. The number of pyridine rings is 1. The molecule has 1 fully saturated rings. The number of aryl methyl sites for hydroxylation is 1. The van der Waals surface area contributed by atoms with E-state index in [0.717, 1.165) is 23.7 Å². The van der Waals surface area contributed by atoms with Crippen LogP contribution in [0.2, 0.25) is 0 Å². The number of rotatable bonds is 3. The Morgan fingerprint density at radius 2 is 1.95 bits per heavy atom. The van der Waals surface area contributed by atoms with Crippen molar-refractivity contribution in [1.29, 1.82) is 0 Å².